The lowest BCUT2D eigenvalue weighted by Crippen LogP contribution is -2.79. The van der Waals surface area contributed by atoms with Gasteiger partial charge in [-0.15, -0.1) is 0 Å². The Hall–Kier alpha value is -7.80. The van der Waals surface area contributed by atoms with Crippen LogP contribution < -0.4 is 20.9 Å². The average molecular weight is 948 g/mol. The quantitative estimate of drug-likeness (QED) is 0.149. The molecule has 0 aliphatic carbocycles. The van der Waals surface area contributed by atoms with E-state index in [1.54, 1.807) is 29.7 Å². The highest BCUT2D eigenvalue weighted by atomic mass is 32.2. The first kappa shape index (κ1) is 39.1. The molecule has 0 radical (unpaired) electrons. The normalized spacial score (nSPS) is 13.7. The Morgan fingerprint density at radius 1 is 0.329 bits per heavy atom. The summed E-state index contributed by atoms with van der Waals surface area (Å²) < 4.78 is 27.4. The number of fused-ring (bicyclic) bond motifs is 8. The predicted molar refractivity (Wildman–Crippen MR) is 297 cm³/mol. The summed E-state index contributed by atoms with van der Waals surface area (Å²) in [4.78, 5) is 13.6. The number of hydrogen-bond acceptors (Lipinski definition) is 4. The van der Waals surface area contributed by atoms with E-state index in [2.05, 4.69) is 231 Å². The van der Waals surface area contributed by atoms with Crippen LogP contribution in [0, 0.1) is 6.85 Å². The minimum absolute atomic E-state index is 0.314. The van der Waals surface area contributed by atoms with Gasteiger partial charge in [0, 0.05) is 31.2 Å². The maximum atomic E-state index is 9.12. The van der Waals surface area contributed by atoms with Gasteiger partial charge in [0.1, 0.15) is 5.03 Å². The summed E-state index contributed by atoms with van der Waals surface area (Å²) in [7, 11) is -3.16. The molecule has 1 spiro atoms. The Morgan fingerprint density at radius 3 is 1.10 bits per heavy atom. The highest BCUT2D eigenvalue weighted by Gasteiger charge is 2.53. The maximum Gasteiger partial charge on any atom is 0.208 e. The second-order valence-electron chi connectivity index (χ2n) is 17.7. The number of hydrogen-bond donors (Lipinski definition) is 0. The van der Waals surface area contributed by atoms with Crippen LogP contribution in [-0.2, 0) is 0 Å². The first-order chi connectivity index (χ1) is 35.9. The smallest absolute Gasteiger partial charge is 0.208 e. The molecule has 2 aliphatic heterocycles. The molecule has 0 N–H and O–H groups in total. The van der Waals surface area contributed by atoms with Gasteiger partial charge in [0.2, 0.25) is 8.07 Å². The van der Waals surface area contributed by atoms with Crippen LogP contribution in [0.2, 0.25) is 0 Å². The van der Waals surface area contributed by atoms with Gasteiger partial charge in [0.05, 0.1) is 5.32 Å². The van der Waals surface area contributed by atoms with Crippen molar-refractivity contribution in [1.29, 1.82) is 0 Å². The molecule has 0 atom stereocenters. The van der Waals surface area contributed by atoms with Crippen LogP contribution in [0.4, 0.5) is 0 Å². The van der Waals surface area contributed by atoms with E-state index in [1.165, 1.54) is 20.2 Å². The Bertz CT molecular complexity index is 3710. The number of aryl methyl sites for hydroxylation is 1. The third kappa shape index (κ3) is 6.79. The van der Waals surface area contributed by atoms with Crippen molar-refractivity contribution in [3.8, 4) is 77.9 Å². The number of nitrogens with zero attached hydrogens (tertiary/aromatic N) is 2. The topological polar surface area (TPSA) is 25.8 Å². The Kier molecular flexibility index (Phi) is 9.84. The van der Waals surface area contributed by atoms with Gasteiger partial charge in [-0.25, -0.2) is 4.98 Å². The average Bonchev–Trinajstić information content (AvgIpc) is 3.45. The highest BCUT2D eigenvalue weighted by Crippen LogP contribution is 2.56. The molecule has 3 heterocycles. The summed E-state index contributed by atoms with van der Waals surface area (Å²) in [5, 5.41) is 5.43. The molecule has 13 rings (SSSR count). The summed E-state index contributed by atoms with van der Waals surface area (Å²) in [5.74, 6) is 0. The molecule has 0 fully saturated rings. The molecule has 0 saturated carbocycles. The van der Waals surface area contributed by atoms with Crippen molar-refractivity contribution in [3.05, 3.63) is 255 Å². The lowest BCUT2D eigenvalue weighted by Gasteiger charge is -2.42. The number of rotatable bonds is 7. The minimum atomic E-state index is -3.16. The first-order valence-corrected chi connectivity index (χ1v) is 27.2. The van der Waals surface area contributed by atoms with Crippen molar-refractivity contribution in [3.63, 3.8) is 0 Å². The molecule has 0 unspecified atom stereocenters. The van der Waals surface area contributed by atoms with Crippen LogP contribution in [0.25, 0.3) is 77.9 Å². The van der Waals surface area contributed by atoms with E-state index >= 15 is 0 Å². The molecule has 0 bridgehead atoms. The van der Waals surface area contributed by atoms with Gasteiger partial charge in [-0.1, -0.05) is 248 Å². The zero-order valence-corrected chi connectivity index (χ0v) is 40.5. The highest BCUT2D eigenvalue weighted by molar-refractivity contribution is 8.01. The standard InChI is InChI=1S/C65H44N2S2Si/c1-43-35-40-55-63(69-64-65(67-42-41-66-64)70(55)53-33-19-17-31-51(53)68-52-32-18-20-34-54(52)70)56(43)49-36-38-50(39-37-49)62-60(47-27-13-5-14-28-47)58(45-23-9-3-10-24-45)57(44-21-7-2-8-22-44)59(46-25-11-4-12-26-46)61(62)48-29-15-6-16-30-48/h2-42H,1H3/i1D3. The second kappa shape index (κ2) is 17.6. The molecule has 0 amide bonds. The van der Waals surface area contributed by atoms with Gasteiger partial charge in [-0.2, -0.15) is 0 Å². The number of benzene rings is 10. The lowest BCUT2D eigenvalue weighted by molar-refractivity contribution is 1.08. The molecule has 1 aromatic heterocycles. The maximum absolute atomic E-state index is 9.12. The van der Waals surface area contributed by atoms with Crippen molar-refractivity contribution in [2.75, 3.05) is 0 Å². The summed E-state index contributed by atoms with van der Waals surface area (Å²) in [6.07, 6.45) is 3.58. The third-order valence-corrected chi connectivity index (χ3v) is 21.6. The van der Waals surface area contributed by atoms with E-state index in [0.717, 1.165) is 92.8 Å². The van der Waals surface area contributed by atoms with Crippen LogP contribution in [-0.4, -0.2) is 18.0 Å². The summed E-state index contributed by atoms with van der Waals surface area (Å²) >= 11 is 3.35. The molecular weight excluding hydrogens is 901 g/mol. The molecule has 2 nitrogen and oxygen atoms in total. The van der Waals surface area contributed by atoms with E-state index in [4.69, 9.17) is 14.1 Å². The molecule has 2 aliphatic rings. The summed E-state index contributed by atoms with van der Waals surface area (Å²) in [5.41, 5.74) is 15.1. The van der Waals surface area contributed by atoms with Gasteiger partial charge in [0.25, 0.3) is 0 Å². The van der Waals surface area contributed by atoms with Crippen molar-refractivity contribution in [2.24, 2.45) is 0 Å². The SMILES string of the molecule is [2H]C([2H])([2H])c1ccc2c(c1-c1ccc(-c3c(-c4ccccc4)c(-c4ccccc4)c(-c4ccccc4)c(-c4ccccc4)c3-c3ccccc3)cc1)Sc1nccnc1[Si]21c2ccccc2Sc2ccccc21. The molecule has 0 saturated heterocycles. The summed E-state index contributed by atoms with van der Waals surface area (Å²) in [6.45, 7) is -2.41. The molecule has 10 aromatic carbocycles. The van der Waals surface area contributed by atoms with E-state index in [1.807, 2.05) is 12.3 Å². The molecule has 5 heteroatoms. The van der Waals surface area contributed by atoms with E-state index in [9.17, 15) is 0 Å². The Morgan fingerprint density at radius 2 is 0.686 bits per heavy atom. The fourth-order valence-electron chi connectivity index (χ4n) is 11.0. The van der Waals surface area contributed by atoms with Crippen molar-refractivity contribution in [2.45, 2.75) is 26.6 Å². The second-order valence-corrected chi connectivity index (χ2v) is 23.4. The van der Waals surface area contributed by atoms with E-state index < -0.39 is 14.9 Å². The van der Waals surface area contributed by atoms with Crippen LogP contribution in [0.15, 0.2) is 269 Å². The summed E-state index contributed by atoms with van der Waals surface area (Å²) in [6, 6.07) is 84.1. The minimum Gasteiger partial charge on any atom is -0.260 e. The molecular formula is C65H44N2S2Si. The van der Waals surface area contributed by atoms with Crippen LogP contribution in [0.3, 0.4) is 0 Å². The predicted octanol–water partition coefficient (Wildman–Crippen LogP) is 14.8. The first-order valence-electron chi connectivity index (χ1n) is 25.1. The van der Waals surface area contributed by atoms with Crippen molar-refractivity contribution >= 4 is 52.5 Å². The van der Waals surface area contributed by atoms with Gasteiger partial charge >= 0.3 is 0 Å². The van der Waals surface area contributed by atoms with Crippen LogP contribution >= 0.6 is 23.5 Å². The van der Waals surface area contributed by atoms with E-state index in [-0.39, 0.29) is 0 Å². The Labute approximate surface area is 423 Å². The monoisotopic (exact) mass is 947 g/mol. The molecule has 11 aromatic rings. The van der Waals surface area contributed by atoms with Gasteiger partial charge in [0.15, 0.2) is 0 Å². The fraction of sp³-hybridized carbons (Fsp3) is 0.0154. The van der Waals surface area contributed by atoms with Crippen LogP contribution in [0.5, 0.6) is 0 Å². The largest absolute Gasteiger partial charge is 0.260 e. The fourth-order valence-corrected chi connectivity index (χ4v) is 20.0. The van der Waals surface area contributed by atoms with Gasteiger partial charge in [-0.3, -0.25) is 4.98 Å². The Balaban J connectivity index is 1.13. The van der Waals surface area contributed by atoms with Crippen LogP contribution in [0.1, 0.15) is 9.68 Å². The van der Waals surface area contributed by atoms with Crippen molar-refractivity contribution < 1.29 is 4.11 Å². The molecule has 70 heavy (non-hydrogen) atoms. The zero-order valence-electron chi connectivity index (χ0n) is 40.9. The lowest BCUT2D eigenvalue weighted by atomic mass is 9.74. The van der Waals surface area contributed by atoms with Crippen molar-refractivity contribution in [1.82, 2.24) is 9.97 Å². The van der Waals surface area contributed by atoms with E-state index in [0.29, 0.717) is 11.1 Å². The number of aromatic nitrogens is 2. The zero-order chi connectivity index (χ0) is 49.1. The van der Waals surface area contributed by atoms with Gasteiger partial charge < -0.3 is 0 Å². The molecule has 330 valence electrons. The third-order valence-electron chi connectivity index (χ3n) is 13.9. The van der Waals surface area contributed by atoms with Gasteiger partial charge in [-0.05, 0) is 118 Å².